The first kappa shape index (κ1) is 12.6. The van der Waals surface area contributed by atoms with Gasteiger partial charge in [-0.1, -0.05) is 17.6 Å². The Labute approximate surface area is 122 Å². The second-order valence-electron chi connectivity index (χ2n) is 5.53. The predicted octanol–water partition coefficient (Wildman–Crippen LogP) is 0.930. The zero-order valence-corrected chi connectivity index (χ0v) is 11.5. The third-order valence-electron chi connectivity index (χ3n) is 4.05. The summed E-state index contributed by atoms with van der Waals surface area (Å²) in [5.41, 5.74) is 1.91. The second kappa shape index (κ2) is 4.74. The number of rotatable bonds is 1. The molecule has 0 amide bonds. The van der Waals surface area contributed by atoms with Crippen molar-refractivity contribution in [2.24, 2.45) is 0 Å². The number of furan rings is 1. The third kappa shape index (κ3) is 2.06. The van der Waals surface area contributed by atoms with Crippen LogP contribution in [0.2, 0.25) is 0 Å². The van der Waals surface area contributed by atoms with Gasteiger partial charge in [-0.25, -0.2) is 4.98 Å². The summed E-state index contributed by atoms with van der Waals surface area (Å²) in [4.78, 5) is 19.8. The van der Waals surface area contributed by atoms with Gasteiger partial charge in [-0.3, -0.25) is 4.79 Å². The van der Waals surface area contributed by atoms with Crippen molar-refractivity contribution in [3.05, 3.63) is 34.4 Å². The van der Waals surface area contributed by atoms with E-state index in [1.807, 2.05) is 0 Å². The Balaban J connectivity index is 1.96. The average Bonchev–Trinajstić information content (AvgIpc) is 2.87. The van der Waals surface area contributed by atoms with E-state index in [1.54, 1.807) is 18.2 Å². The molecule has 1 aromatic carbocycles. The highest BCUT2D eigenvalue weighted by atomic mass is 16.3. The van der Waals surface area contributed by atoms with Gasteiger partial charge >= 0.3 is 0 Å². The quantitative estimate of drug-likeness (QED) is 0.650. The molecule has 0 aliphatic carbocycles. The molecule has 1 saturated heterocycles. The van der Waals surface area contributed by atoms with Gasteiger partial charge in [-0.2, -0.15) is 0 Å². The van der Waals surface area contributed by atoms with Gasteiger partial charge in [-0.05, 0) is 25.5 Å². The van der Waals surface area contributed by atoms with Crippen molar-refractivity contribution in [1.29, 1.82) is 0 Å². The lowest BCUT2D eigenvalue weighted by atomic mass is 9.95. The fourth-order valence-corrected chi connectivity index (χ4v) is 2.97. The van der Waals surface area contributed by atoms with Crippen LogP contribution in [0.3, 0.4) is 0 Å². The lowest BCUT2D eigenvalue weighted by Gasteiger charge is -2.21. The van der Waals surface area contributed by atoms with Crippen LogP contribution in [0.15, 0.2) is 27.4 Å². The normalized spacial score (nSPS) is 19.3. The summed E-state index contributed by atoms with van der Waals surface area (Å²) in [6.07, 6.45) is 2.12. The Morgan fingerprint density at radius 1 is 1.38 bits per heavy atom. The molecule has 2 aromatic heterocycles. The van der Waals surface area contributed by atoms with Crippen molar-refractivity contribution in [1.82, 2.24) is 15.3 Å². The molecule has 2 radical (unpaired) electrons. The van der Waals surface area contributed by atoms with E-state index < -0.39 is 0 Å². The zero-order chi connectivity index (χ0) is 14.4. The molecule has 104 valence electrons. The topological polar surface area (TPSA) is 70.9 Å². The van der Waals surface area contributed by atoms with E-state index in [-0.39, 0.29) is 17.1 Å². The predicted molar refractivity (Wildman–Crippen MR) is 82.4 cm³/mol. The molecule has 1 aliphatic heterocycles. The van der Waals surface area contributed by atoms with Gasteiger partial charge in [0.15, 0.2) is 0 Å². The number of hydrogen-bond acceptors (Lipinski definition) is 4. The van der Waals surface area contributed by atoms with Crippen LogP contribution in [0.1, 0.15) is 24.6 Å². The minimum absolute atomic E-state index is 0.227. The summed E-state index contributed by atoms with van der Waals surface area (Å²) in [6, 6.07) is 5.33. The molecule has 1 aliphatic rings. The molecule has 3 heterocycles. The standard InChI is InChI=1S/C15H14BN3O2/c16-9-3-4-11-10(6-9)12-13(21-11)15(20)19-14(18-12)8-2-1-5-17-7-8/h3-4,6,8,17H,1-2,5,7H2,(H,18,19,20). The molecular weight excluding hydrogens is 265 g/mol. The van der Waals surface area contributed by atoms with Crippen molar-refractivity contribution in [2.75, 3.05) is 13.1 Å². The van der Waals surface area contributed by atoms with Crippen molar-refractivity contribution in [3.63, 3.8) is 0 Å². The van der Waals surface area contributed by atoms with Gasteiger partial charge in [0.05, 0.1) is 0 Å². The third-order valence-corrected chi connectivity index (χ3v) is 4.05. The molecule has 0 spiro atoms. The van der Waals surface area contributed by atoms with Gasteiger partial charge in [0.25, 0.3) is 5.56 Å². The summed E-state index contributed by atoms with van der Waals surface area (Å²) >= 11 is 0. The molecule has 4 rings (SSSR count). The van der Waals surface area contributed by atoms with Crippen LogP contribution in [0, 0.1) is 0 Å². The number of nitrogens with zero attached hydrogens (tertiary/aromatic N) is 1. The molecule has 0 saturated carbocycles. The minimum Gasteiger partial charge on any atom is -0.449 e. The van der Waals surface area contributed by atoms with Crippen LogP contribution < -0.4 is 16.3 Å². The fraction of sp³-hybridized carbons (Fsp3) is 0.333. The first-order valence-electron chi connectivity index (χ1n) is 7.15. The number of nitrogens with one attached hydrogen (secondary N) is 2. The molecule has 5 nitrogen and oxygen atoms in total. The summed E-state index contributed by atoms with van der Waals surface area (Å²) in [7, 11) is 5.83. The number of hydrogen-bond donors (Lipinski definition) is 2. The Morgan fingerprint density at radius 3 is 3.10 bits per heavy atom. The first-order valence-corrected chi connectivity index (χ1v) is 7.15. The Kier molecular flexibility index (Phi) is 2.85. The molecule has 21 heavy (non-hydrogen) atoms. The number of fused-ring (bicyclic) bond motifs is 3. The van der Waals surface area contributed by atoms with Gasteiger partial charge in [0.2, 0.25) is 5.58 Å². The minimum atomic E-state index is -0.227. The molecule has 1 unspecified atom stereocenters. The van der Waals surface area contributed by atoms with Crippen LogP contribution in [0.5, 0.6) is 0 Å². The molecule has 3 aromatic rings. The summed E-state index contributed by atoms with van der Waals surface area (Å²) < 4.78 is 5.60. The van der Waals surface area contributed by atoms with E-state index in [2.05, 4.69) is 15.3 Å². The largest absolute Gasteiger partial charge is 0.449 e. The monoisotopic (exact) mass is 279 g/mol. The van der Waals surface area contributed by atoms with Gasteiger partial charge in [-0.15, -0.1) is 0 Å². The van der Waals surface area contributed by atoms with Crippen molar-refractivity contribution >= 4 is 35.4 Å². The van der Waals surface area contributed by atoms with Crippen LogP contribution in [0.25, 0.3) is 22.1 Å². The molecule has 0 bridgehead atoms. The number of benzene rings is 1. The van der Waals surface area contributed by atoms with E-state index in [1.165, 1.54) is 0 Å². The van der Waals surface area contributed by atoms with Gasteiger partial charge in [0, 0.05) is 17.8 Å². The van der Waals surface area contributed by atoms with Crippen LogP contribution in [-0.2, 0) is 0 Å². The summed E-state index contributed by atoms with van der Waals surface area (Å²) in [5, 5.41) is 4.13. The van der Waals surface area contributed by atoms with E-state index in [9.17, 15) is 4.79 Å². The van der Waals surface area contributed by atoms with E-state index in [4.69, 9.17) is 12.3 Å². The van der Waals surface area contributed by atoms with E-state index in [0.29, 0.717) is 16.6 Å². The van der Waals surface area contributed by atoms with Crippen LogP contribution >= 0.6 is 0 Å². The molecule has 6 heteroatoms. The van der Waals surface area contributed by atoms with Crippen LogP contribution in [0.4, 0.5) is 0 Å². The van der Waals surface area contributed by atoms with Gasteiger partial charge < -0.3 is 14.7 Å². The highest BCUT2D eigenvalue weighted by Gasteiger charge is 2.20. The smallest absolute Gasteiger partial charge is 0.294 e. The molecule has 2 N–H and O–H groups in total. The Morgan fingerprint density at radius 2 is 2.29 bits per heavy atom. The SMILES string of the molecule is [B]c1ccc2oc3c(=O)[nH]c(C4CCCNC4)nc3c2c1. The Hall–Kier alpha value is -2.08. The maximum Gasteiger partial charge on any atom is 0.294 e. The van der Waals surface area contributed by atoms with Crippen molar-refractivity contribution in [2.45, 2.75) is 18.8 Å². The lowest BCUT2D eigenvalue weighted by molar-refractivity contribution is 0.446. The number of piperidine rings is 1. The Bertz CT molecular complexity index is 878. The molecule has 1 atom stereocenters. The van der Waals surface area contributed by atoms with E-state index in [0.717, 1.165) is 37.1 Å². The maximum atomic E-state index is 12.3. The number of aromatic amines is 1. The highest BCUT2D eigenvalue weighted by molar-refractivity contribution is 6.33. The average molecular weight is 279 g/mol. The van der Waals surface area contributed by atoms with Gasteiger partial charge in [0.1, 0.15) is 24.8 Å². The zero-order valence-electron chi connectivity index (χ0n) is 11.5. The van der Waals surface area contributed by atoms with E-state index >= 15 is 0 Å². The fourth-order valence-electron chi connectivity index (χ4n) is 2.97. The van der Waals surface area contributed by atoms with Crippen molar-refractivity contribution in [3.8, 4) is 0 Å². The first-order chi connectivity index (χ1) is 10.2. The maximum absolute atomic E-state index is 12.3. The summed E-state index contributed by atoms with van der Waals surface area (Å²) in [6.45, 7) is 1.86. The lowest BCUT2D eigenvalue weighted by Crippen LogP contribution is -2.30. The summed E-state index contributed by atoms with van der Waals surface area (Å²) in [5.74, 6) is 0.965. The highest BCUT2D eigenvalue weighted by Crippen LogP contribution is 2.26. The molecular formula is C15H14BN3O2. The molecule has 1 fully saturated rings. The second-order valence-corrected chi connectivity index (χ2v) is 5.53. The number of aromatic nitrogens is 2. The number of H-pyrrole nitrogens is 1. The van der Waals surface area contributed by atoms with Crippen LogP contribution in [-0.4, -0.2) is 30.9 Å². The van der Waals surface area contributed by atoms with Crippen molar-refractivity contribution < 1.29 is 4.42 Å².